The van der Waals surface area contributed by atoms with E-state index in [1.807, 2.05) is 13.8 Å². The molecule has 0 aliphatic rings. The van der Waals surface area contributed by atoms with Crippen LogP contribution < -0.4 is 4.74 Å². The van der Waals surface area contributed by atoms with E-state index in [4.69, 9.17) is 9.26 Å². The number of ether oxygens (including phenoxy) is 1. The standard InChI is InChI=1S/C20H26F3NO4/c1-5-9-12-11-14-16(28-24-17(14)20(21,22)23)13(10-6-2)15(12)27-19(7-3,8-4)18(25)26/h11H,5-10H2,1-4H3,(H,25,26). The van der Waals surface area contributed by atoms with E-state index in [1.54, 1.807) is 13.8 Å². The number of carboxylic acid groups (broad SMARTS) is 1. The van der Waals surface area contributed by atoms with Gasteiger partial charge in [-0.1, -0.05) is 45.7 Å². The lowest BCUT2D eigenvalue weighted by molar-refractivity contribution is -0.156. The maximum Gasteiger partial charge on any atom is 0.437 e. The van der Waals surface area contributed by atoms with Crippen LogP contribution in [0.5, 0.6) is 5.75 Å². The van der Waals surface area contributed by atoms with Gasteiger partial charge in [0, 0.05) is 5.56 Å². The van der Waals surface area contributed by atoms with E-state index < -0.39 is 23.4 Å². The first-order valence-corrected chi connectivity index (χ1v) is 9.58. The molecule has 5 nitrogen and oxygen atoms in total. The Morgan fingerprint density at radius 2 is 1.75 bits per heavy atom. The van der Waals surface area contributed by atoms with Crippen molar-refractivity contribution in [3.63, 3.8) is 0 Å². The predicted octanol–water partition coefficient (Wildman–Crippen LogP) is 5.77. The number of hydrogen-bond acceptors (Lipinski definition) is 4. The molecule has 1 aromatic heterocycles. The fourth-order valence-electron chi connectivity index (χ4n) is 3.38. The molecule has 0 aliphatic carbocycles. The molecule has 0 fully saturated rings. The molecular weight excluding hydrogens is 375 g/mol. The van der Waals surface area contributed by atoms with Crippen LogP contribution in [-0.2, 0) is 23.8 Å². The second-order valence-corrected chi connectivity index (χ2v) is 6.86. The molecule has 0 bridgehead atoms. The second kappa shape index (κ2) is 8.41. The number of fused-ring (bicyclic) bond motifs is 1. The van der Waals surface area contributed by atoms with Crippen LogP contribution in [0.1, 0.15) is 70.2 Å². The van der Waals surface area contributed by atoms with Gasteiger partial charge in [0.1, 0.15) is 5.75 Å². The average Bonchev–Trinajstić information content (AvgIpc) is 3.05. The van der Waals surface area contributed by atoms with Crippen molar-refractivity contribution in [2.75, 3.05) is 0 Å². The van der Waals surface area contributed by atoms with Gasteiger partial charge in [-0.05, 0) is 37.3 Å². The first-order chi connectivity index (χ1) is 13.1. The zero-order valence-electron chi connectivity index (χ0n) is 16.6. The molecule has 2 rings (SSSR count). The molecule has 1 N–H and O–H groups in total. The Morgan fingerprint density at radius 1 is 1.14 bits per heavy atom. The average molecular weight is 401 g/mol. The summed E-state index contributed by atoms with van der Waals surface area (Å²) in [6, 6.07) is 1.38. The third-order valence-electron chi connectivity index (χ3n) is 5.00. The lowest BCUT2D eigenvalue weighted by Gasteiger charge is -2.30. The van der Waals surface area contributed by atoms with Gasteiger partial charge in [-0.25, -0.2) is 4.79 Å². The van der Waals surface area contributed by atoms with Crippen LogP contribution in [0.2, 0.25) is 0 Å². The molecule has 0 spiro atoms. The van der Waals surface area contributed by atoms with E-state index in [-0.39, 0.29) is 23.8 Å². The normalized spacial score (nSPS) is 12.5. The van der Waals surface area contributed by atoms with E-state index in [2.05, 4.69) is 5.16 Å². The minimum atomic E-state index is -4.64. The summed E-state index contributed by atoms with van der Waals surface area (Å²) in [5.41, 5.74) is -1.53. The summed E-state index contributed by atoms with van der Waals surface area (Å²) in [4.78, 5) is 11.9. The molecule has 1 aromatic carbocycles. The quantitative estimate of drug-likeness (QED) is 0.577. The van der Waals surface area contributed by atoms with Gasteiger partial charge in [0.25, 0.3) is 0 Å². The third-order valence-corrected chi connectivity index (χ3v) is 5.00. The summed E-state index contributed by atoms with van der Waals surface area (Å²) in [6.45, 7) is 7.21. The molecule has 156 valence electrons. The van der Waals surface area contributed by atoms with Crippen LogP contribution in [0.25, 0.3) is 11.0 Å². The number of carbonyl (C=O) groups is 1. The summed E-state index contributed by atoms with van der Waals surface area (Å²) >= 11 is 0. The van der Waals surface area contributed by atoms with Crippen LogP contribution in [0.3, 0.4) is 0 Å². The Kier molecular flexibility index (Phi) is 6.62. The lowest BCUT2D eigenvalue weighted by atomic mass is 9.94. The monoisotopic (exact) mass is 401 g/mol. The maximum atomic E-state index is 13.3. The highest BCUT2D eigenvalue weighted by atomic mass is 19.4. The molecule has 0 saturated heterocycles. The van der Waals surface area contributed by atoms with Gasteiger partial charge >= 0.3 is 12.1 Å². The lowest BCUT2D eigenvalue weighted by Crippen LogP contribution is -2.43. The predicted molar refractivity (Wildman–Crippen MR) is 98.6 cm³/mol. The van der Waals surface area contributed by atoms with Crippen molar-refractivity contribution in [1.29, 1.82) is 0 Å². The summed E-state index contributed by atoms with van der Waals surface area (Å²) in [5, 5.41) is 12.9. The molecule has 1 heterocycles. The van der Waals surface area contributed by atoms with Gasteiger partial charge < -0.3 is 14.4 Å². The molecule has 2 aromatic rings. The highest BCUT2D eigenvalue weighted by Crippen LogP contribution is 2.42. The van der Waals surface area contributed by atoms with Gasteiger partial charge in [0.05, 0.1) is 5.39 Å². The number of benzene rings is 1. The number of carboxylic acids is 1. The van der Waals surface area contributed by atoms with Gasteiger partial charge in [-0.2, -0.15) is 13.2 Å². The number of rotatable bonds is 9. The molecule has 0 atom stereocenters. The molecule has 0 amide bonds. The SMILES string of the molecule is CCCc1cc2c(C(F)(F)F)noc2c(CCC)c1OC(CC)(CC)C(=O)O. The summed E-state index contributed by atoms with van der Waals surface area (Å²) in [5.74, 6) is -0.789. The Bertz CT molecular complexity index is 838. The highest BCUT2D eigenvalue weighted by molar-refractivity contribution is 5.87. The van der Waals surface area contributed by atoms with Crippen molar-refractivity contribution in [2.24, 2.45) is 0 Å². The fraction of sp³-hybridized carbons (Fsp3) is 0.600. The van der Waals surface area contributed by atoms with Crippen molar-refractivity contribution in [2.45, 2.75) is 78.0 Å². The van der Waals surface area contributed by atoms with Gasteiger partial charge in [-0.15, -0.1) is 0 Å². The van der Waals surface area contributed by atoms with E-state index in [9.17, 15) is 23.1 Å². The van der Waals surface area contributed by atoms with Crippen molar-refractivity contribution >= 4 is 16.9 Å². The van der Waals surface area contributed by atoms with E-state index in [0.717, 1.165) is 0 Å². The van der Waals surface area contributed by atoms with Crippen molar-refractivity contribution in [1.82, 2.24) is 5.16 Å². The number of halogens is 3. The fourth-order valence-corrected chi connectivity index (χ4v) is 3.38. The smallest absolute Gasteiger partial charge is 0.437 e. The topological polar surface area (TPSA) is 72.6 Å². The summed E-state index contributed by atoms with van der Waals surface area (Å²) < 4.78 is 51.2. The van der Waals surface area contributed by atoms with Crippen LogP contribution >= 0.6 is 0 Å². The highest BCUT2D eigenvalue weighted by Gasteiger charge is 2.41. The Hall–Kier alpha value is -2.25. The first-order valence-electron chi connectivity index (χ1n) is 9.58. The minimum Gasteiger partial charge on any atom is -0.478 e. The van der Waals surface area contributed by atoms with Crippen LogP contribution in [0, 0.1) is 0 Å². The second-order valence-electron chi connectivity index (χ2n) is 6.86. The molecule has 0 unspecified atom stereocenters. The van der Waals surface area contributed by atoms with E-state index in [0.29, 0.717) is 42.6 Å². The zero-order chi connectivity index (χ0) is 21.1. The number of aromatic nitrogens is 1. The van der Waals surface area contributed by atoms with Crippen LogP contribution in [0.15, 0.2) is 10.6 Å². The largest absolute Gasteiger partial charge is 0.478 e. The molecule has 0 radical (unpaired) electrons. The molecule has 28 heavy (non-hydrogen) atoms. The summed E-state index contributed by atoms with van der Waals surface area (Å²) in [7, 11) is 0. The minimum absolute atomic E-state index is 0.00974. The first kappa shape index (κ1) is 22.0. The summed E-state index contributed by atoms with van der Waals surface area (Å²) in [6.07, 6.45) is -2.07. The van der Waals surface area contributed by atoms with Gasteiger partial charge in [-0.3, -0.25) is 0 Å². The maximum absolute atomic E-state index is 13.3. The van der Waals surface area contributed by atoms with Gasteiger partial charge in [0.2, 0.25) is 5.60 Å². The number of aryl methyl sites for hydroxylation is 2. The van der Waals surface area contributed by atoms with Crippen molar-refractivity contribution in [3.8, 4) is 5.75 Å². The number of alkyl halides is 3. The van der Waals surface area contributed by atoms with Crippen molar-refractivity contribution in [3.05, 3.63) is 22.9 Å². The number of aliphatic carboxylic acids is 1. The van der Waals surface area contributed by atoms with Crippen LogP contribution in [-0.4, -0.2) is 21.8 Å². The van der Waals surface area contributed by atoms with Crippen molar-refractivity contribution < 1.29 is 32.3 Å². The molecular formula is C20H26F3NO4. The number of hydrogen-bond donors (Lipinski definition) is 1. The third kappa shape index (κ3) is 3.95. The zero-order valence-corrected chi connectivity index (χ0v) is 16.6. The molecule has 0 aliphatic heterocycles. The Morgan fingerprint density at radius 3 is 2.21 bits per heavy atom. The van der Waals surface area contributed by atoms with E-state index >= 15 is 0 Å². The Labute approximate surface area is 161 Å². The molecule has 0 saturated carbocycles. The Balaban J connectivity index is 2.81. The van der Waals surface area contributed by atoms with E-state index in [1.165, 1.54) is 6.07 Å². The number of nitrogens with zero attached hydrogens (tertiary/aromatic N) is 1. The van der Waals surface area contributed by atoms with Crippen LogP contribution in [0.4, 0.5) is 13.2 Å². The molecule has 8 heteroatoms. The van der Waals surface area contributed by atoms with Gasteiger partial charge in [0.15, 0.2) is 11.3 Å².